The quantitative estimate of drug-likeness (QED) is 0.527. The Morgan fingerprint density at radius 1 is 1.50 bits per heavy atom. The lowest BCUT2D eigenvalue weighted by atomic mass is 10.5. The standard InChI is InChI=1S/C10H17N3S/c1-3-4-11-5-6-12-8-10-13-7-9(2)14-10/h3,7,11-12H,1,4-6,8H2,2H3. The SMILES string of the molecule is C=CCNCCNCc1ncc(C)s1. The van der Waals surface area contributed by atoms with E-state index >= 15 is 0 Å². The third-order valence-corrected chi connectivity index (χ3v) is 2.63. The average molecular weight is 211 g/mol. The minimum absolute atomic E-state index is 0.869. The molecule has 78 valence electrons. The van der Waals surface area contributed by atoms with Crippen LogP contribution < -0.4 is 10.6 Å². The van der Waals surface area contributed by atoms with Gasteiger partial charge >= 0.3 is 0 Å². The van der Waals surface area contributed by atoms with E-state index in [2.05, 4.69) is 29.1 Å². The highest BCUT2D eigenvalue weighted by molar-refractivity contribution is 7.11. The van der Waals surface area contributed by atoms with E-state index in [9.17, 15) is 0 Å². The number of aryl methyl sites for hydroxylation is 1. The lowest BCUT2D eigenvalue weighted by Gasteiger charge is -2.02. The second-order valence-corrected chi connectivity index (χ2v) is 4.35. The molecule has 0 unspecified atom stereocenters. The van der Waals surface area contributed by atoms with Crippen molar-refractivity contribution in [2.45, 2.75) is 13.5 Å². The van der Waals surface area contributed by atoms with E-state index in [0.29, 0.717) is 0 Å². The van der Waals surface area contributed by atoms with Crippen LogP contribution in [0.1, 0.15) is 9.88 Å². The van der Waals surface area contributed by atoms with Crippen LogP contribution in [0.2, 0.25) is 0 Å². The fourth-order valence-corrected chi connectivity index (χ4v) is 1.82. The van der Waals surface area contributed by atoms with Gasteiger partial charge in [-0.25, -0.2) is 4.98 Å². The van der Waals surface area contributed by atoms with Crippen molar-refractivity contribution < 1.29 is 0 Å². The molecule has 0 saturated carbocycles. The molecule has 3 nitrogen and oxygen atoms in total. The molecule has 0 radical (unpaired) electrons. The number of aromatic nitrogens is 1. The minimum atomic E-state index is 0.869. The molecule has 1 aromatic heterocycles. The van der Waals surface area contributed by atoms with E-state index in [1.54, 1.807) is 11.3 Å². The van der Waals surface area contributed by atoms with Crippen LogP contribution in [0.5, 0.6) is 0 Å². The zero-order valence-electron chi connectivity index (χ0n) is 8.55. The highest BCUT2D eigenvalue weighted by Crippen LogP contribution is 2.09. The zero-order valence-corrected chi connectivity index (χ0v) is 9.36. The largest absolute Gasteiger partial charge is 0.312 e. The van der Waals surface area contributed by atoms with Crippen LogP contribution in [0.4, 0.5) is 0 Å². The number of hydrogen-bond donors (Lipinski definition) is 2. The van der Waals surface area contributed by atoms with E-state index < -0.39 is 0 Å². The van der Waals surface area contributed by atoms with Gasteiger partial charge in [-0.05, 0) is 6.92 Å². The molecule has 0 atom stereocenters. The maximum Gasteiger partial charge on any atom is 0.107 e. The minimum Gasteiger partial charge on any atom is -0.312 e. The monoisotopic (exact) mass is 211 g/mol. The Morgan fingerprint density at radius 2 is 2.29 bits per heavy atom. The Hall–Kier alpha value is -0.710. The summed E-state index contributed by atoms with van der Waals surface area (Å²) in [6, 6.07) is 0. The molecule has 0 aliphatic carbocycles. The molecule has 2 N–H and O–H groups in total. The van der Waals surface area contributed by atoms with Crippen LogP contribution in [0.3, 0.4) is 0 Å². The summed E-state index contributed by atoms with van der Waals surface area (Å²) in [5.74, 6) is 0. The smallest absolute Gasteiger partial charge is 0.107 e. The van der Waals surface area contributed by atoms with Crippen molar-refractivity contribution in [3.8, 4) is 0 Å². The number of rotatable bonds is 7. The summed E-state index contributed by atoms with van der Waals surface area (Å²) in [5.41, 5.74) is 0. The topological polar surface area (TPSA) is 37.0 Å². The first-order valence-electron chi connectivity index (χ1n) is 4.76. The molecule has 1 rings (SSSR count). The van der Waals surface area contributed by atoms with Crippen LogP contribution in [-0.2, 0) is 6.54 Å². The number of hydrogen-bond acceptors (Lipinski definition) is 4. The normalized spacial score (nSPS) is 10.4. The van der Waals surface area contributed by atoms with Gasteiger partial charge in [0.25, 0.3) is 0 Å². The number of nitrogens with one attached hydrogen (secondary N) is 2. The highest BCUT2D eigenvalue weighted by Gasteiger charge is 1.96. The van der Waals surface area contributed by atoms with E-state index in [-0.39, 0.29) is 0 Å². The van der Waals surface area contributed by atoms with Crippen molar-refractivity contribution >= 4 is 11.3 Å². The summed E-state index contributed by atoms with van der Waals surface area (Å²) in [5, 5.41) is 7.71. The first-order chi connectivity index (χ1) is 6.83. The van der Waals surface area contributed by atoms with Gasteiger partial charge in [0.1, 0.15) is 5.01 Å². The van der Waals surface area contributed by atoms with Crippen LogP contribution in [0, 0.1) is 6.92 Å². The first kappa shape index (κ1) is 11.4. The van der Waals surface area contributed by atoms with Gasteiger partial charge in [-0.15, -0.1) is 17.9 Å². The van der Waals surface area contributed by atoms with Crippen LogP contribution in [0.15, 0.2) is 18.9 Å². The zero-order chi connectivity index (χ0) is 10.2. The molecular formula is C10H17N3S. The van der Waals surface area contributed by atoms with Crippen LogP contribution in [-0.4, -0.2) is 24.6 Å². The molecule has 0 saturated heterocycles. The molecule has 1 aromatic rings. The van der Waals surface area contributed by atoms with Gasteiger partial charge in [-0.3, -0.25) is 0 Å². The fourth-order valence-electron chi connectivity index (χ4n) is 1.06. The second-order valence-electron chi connectivity index (χ2n) is 3.03. The van der Waals surface area contributed by atoms with Crippen molar-refractivity contribution in [1.29, 1.82) is 0 Å². The van der Waals surface area contributed by atoms with Crippen LogP contribution >= 0.6 is 11.3 Å². The second kappa shape index (κ2) is 6.70. The molecule has 14 heavy (non-hydrogen) atoms. The van der Waals surface area contributed by atoms with E-state index in [4.69, 9.17) is 0 Å². The van der Waals surface area contributed by atoms with Gasteiger partial charge in [-0.2, -0.15) is 0 Å². The van der Waals surface area contributed by atoms with Crippen molar-refractivity contribution in [2.75, 3.05) is 19.6 Å². The van der Waals surface area contributed by atoms with Gasteiger partial charge in [0, 0.05) is 37.3 Å². The number of thiazole rings is 1. The first-order valence-corrected chi connectivity index (χ1v) is 5.58. The van der Waals surface area contributed by atoms with E-state index in [1.165, 1.54) is 4.88 Å². The van der Waals surface area contributed by atoms with Gasteiger partial charge in [-0.1, -0.05) is 6.08 Å². The van der Waals surface area contributed by atoms with Crippen molar-refractivity contribution in [1.82, 2.24) is 15.6 Å². The van der Waals surface area contributed by atoms with Gasteiger partial charge in [0.15, 0.2) is 0 Å². The summed E-state index contributed by atoms with van der Waals surface area (Å²) >= 11 is 1.75. The molecule has 1 heterocycles. The molecule has 0 bridgehead atoms. The lowest BCUT2D eigenvalue weighted by Crippen LogP contribution is -2.26. The fraction of sp³-hybridized carbons (Fsp3) is 0.500. The highest BCUT2D eigenvalue weighted by atomic mass is 32.1. The molecule has 0 fully saturated rings. The molecule has 0 aromatic carbocycles. The van der Waals surface area contributed by atoms with Gasteiger partial charge in [0.2, 0.25) is 0 Å². The molecule has 0 aliphatic heterocycles. The maximum atomic E-state index is 4.27. The summed E-state index contributed by atoms with van der Waals surface area (Å²) in [6.45, 7) is 9.39. The van der Waals surface area contributed by atoms with Gasteiger partial charge in [0.05, 0.1) is 0 Å². The maximum absolute atomic E-state index is 4.27. The van der Waals surface area contributed by atoms with Gasteiger partial charge < -0.3 is 10.6 Å². The Balaban J connectivity index is 2.01. The van der Waals surface area contributed by atoms with Crippen molar-refractivity contribution in [3.05, 3.63) is 28.7 Å². The molecule has 0 spiro atoms. The Bertz CT molecular complexity index is 270. The molecule has 0 amide bonds. The summed E-state index contributed by atoms with van der Waals surface area (Å²) in [6.07, 6.45) is 3.78. The summed E-state index contributed by atoms with van der Waals surface area (Å²) in [4.78, 5) is 5.54. The Morgan fingerprint density at radius 3 is 2.93 bits per heavy atom. The molecule has 4 heteroatoms. The predicted molar refractivity (Wildman–Crippen MR) is 61.6 cm³/mol. The number of nitrogens with zero attached hydrogens (tertiary/aromatic N) is 1. The molecular weight excluding hydrogens is 194 g/mol. The van der Waals surface area contributed by atoms with Crippen molar-refractivity contribution in [2.24, 2.45) is 0 Å². The van der Waals surface area contributed by atoms with E-state index in [1.807, 2.05) is 12.3 Å². The Labute approximate surface area is 89.3 Å². The third-order valence-electron chi connectivity index (χ3n) is 1.71. The van der Waals surface area contributed by atoms with Crippen molar-refractivity contribution in [3.63, 3.8) is 0 Å². The summed E-state index contributed by atoms with van der Waals surface area (Å²) in [7, 11) is 0. The van der Waals surface area contributed by atoms with E-state index in [0.717, 1.165) is 31.2 Å². The predicted octanol–water partition coefficient (Wildman–Crippen LogP) is 1.32. The molecule has 0 aliphatic rings. The third kappa shape index (κ3) is 4.50. The average Bonchev–Trinajstić information content (AvgIpc) is 2.58. The summed E-state index contributed by atoms with van der Waals surface area (Å²) < 4.78 is 0. The van der Waals surface area contributed by atoms with Crippen LogP contribution in [0.25, 0.3) is 0 Å². The Kier molecular flexibility index (Phi) is 5.44. The lowest BCUT2D eigenvalue weighted by molar-refractivity contribution is 0.634.